The van der Waals surface area contributed by atoms with Gasteiger partial charge >= 0.3 is 0 Å². The van der Waals surface area contributed by atoms with Gasteiger partial charge in [0.2, 0.25) is 0 Å². The van der Waals surface area contributed by atoms with Crippen LogP contribution < -0.4 is 4.74 Å². The van der Waals surface area contributed by atoms with Crippen molar-refractivity contribution in [2.45, 2.75) is 26.4 Å². The molecule has 0 saturated heterocycles. The maximum absolute atomic E-state index is 10.2. The summed E-state index contributed by atoms with van der Waals surface area (Å²) >= 11 is 0. The maximum atomic E-state index is 10.2. The number of nitrogens with one attached hydrogen (secondary N) is 1. The number of benzene rings is 2. The van der Waals surface area contributed by atoms with Gasteiger partial charge in [-0.25, -0.2) is 0 Å². The average Bonchev–Trinajstić information content (AvgIpc) is 2.76. The number of fused-ring (bicyclic) bond motifs is 5. The number of phenolic OH excluding ortho intramolecular Hbond substituents is 1. The molecule has 106 valence electrons. The first-order valence-electron chi connectivity index (χ1n) is 7.11. The van der Waals surface area contributed by atoms with E-state index in [2.05, 4.69) is 29.3 Å². The van der Waals surface area contributed by atoms with Crippen molar-refractivity contribution in [3.8, 4) is 11.5 Å². The number of aryl methyl sites for hydroxylation is 1. The van der Waals surface area contributed by atoms with Crippen molar-refractivity contribution < 1.29 is 9.84 Å². The summed E-state index contributed by atoms with van der Waals surface area (Å²) in [6.07, 6.45) is 4.16. The maximum Gasteiger partial charge on any atom is 0.139 e. The minimum absolute atomic E-state index is 0.286. The molecule has 0 spiro atoms. The minimum Gasteiger partial charge on any atom is -0.506 e. The van der Waals surface area contributed by atoms with Crippen molar-refractivity contribution >= 4 is 27.9 Å². The third-order valence-corrected chi connectivity index (χ3v) is 4.03. The molecule has 0 atom stereocenters. The Morgan fingerprint density at radius 2 is 1.90 bits per heavy atom. The fourth-order valence-corrected chi connectivity index (χ4v) is 3.05. The summed E-state index contributed by atoms with van der Waals surface area (Å²) in [5, 5.41) is 12.3. The van der Waals surface area contributed by atoms with Crippen molar-refractivity contribution in [3.05, 3.63) is 41.5 Å². The highest BCUT2D eigenvalue weighted by Crippen LogP contribution is 2.40. The van der Waals surface area contributed by atoms with Gasteiger partial charge in [0.15, 0.2) is 0 Å². The fraction of sp³-hybridized carbons (Fsp3) is 0.222. The van der Waals surface area contributed by atoms with E-state index >= 15 is 0 Å². The van der Waals surface area contributed by atoms with E-state index in [1.807, 2.05) is 26.8 Å². The first kappa shape index (κ1) is 12.3. The van der Waals surface area contributed by atoms with Crippen molar-refractivity contribution in [3.63, 3.8) is 0 Å². The molecule has 0 amide bonds. The Hall–Kier alpha value is -2.42. The molecule has 0 unspecified atom stereocenters. The predicted octanol–water partition coefficient (Wildman–Crippen LogP) is 4.52. The molecular weight excluding hydrogens is 262 g/mol. The van der Waals surface area contributed by atoms with Crippen LogP contribution in [0.3, 0.4) is 0 Å². The van der Waals surface area contributed by atoms with Crippen molar-refractivity contribution in [2.24, 2.45) is 0 Å². The largest absolute Gasteiger partial charge is 0.506 e. The molecule has 0 bridgehead atoms. The van der Waals surface area contributed by atoms with E-state index in [4.69, 9.17) is 4.74 Å². The Balaban J connectivity index is 2.10. The summed E-state index contributed by atoms with van der Waals surface area (Å²) < 4.78 is 6.01. The fourth-order valence-electron chi connectivity index (χ4n) is 3.05. The molecule has 2 aromatic carbocycles. The molecule has 0 aliphatic carbocycles. The summed E-state index contributed by atoms with van der Waals surface area (Å²) in [4.78, 5) is 3.35. The lowest BCUT2D eigenvalue weighted by Gasteiger charge is -2.27. The van der Waals surface area contributed by atoms with Gasteiger partial charge in [0.05, 0.1) is 11.0 Å². The molecule has 3 aromatic rings. The van der Waals surface area contributed by atoms with Gasteiger partial charge in [0, 0.05) is 16.3 Å². The Kier molecular flexibility index (Phi) is 2.24. The van der Waals surface area contributed by atoms with Crippen LogP contribution in [0.15, 0.2) is 30.3 Å². The predicted molar refractivity (Wildman–Crippen MR) is 85.9 cm³/mol. The average molecular weight is 279 g/mol. The van der Waals surface area contributed by atoms with E-state index < -0.39 is 0 Å². The summed E-state index contributed by atoms with van der Waals surface area (Å²) in [6, 6.07) is 7.94. The van der Waals surface area contributed by atoms with E-state index in [-0.39, 0.29) is 11.4 Å². The van der Waals surface area contributed by atoms with Gasteiger partial charge in [-0.1, -0.05) is 0 Å². The topological polar surface area (TPSA) is 45.2 Å². The first-order valence-corrected chi connectivity index (χ1v) is 7.11. The molecular formula is C18H17NO2. The van der Waals surface area contributed by atoms with Crippen LogP contribution in [0.4, 0.5) is 0 Å². The van der Waals surface area contributed by atoms with Gasteiger partial charge in [-0.05, 0) is 62.8 Å². The molecule has 4 rings (SSSR count). The van der Waals surface area contributed by atoms with Gasteiger partial charge < -0.3 is 14.8 Å². The molecule has 2 heterocycles. The Bertz CT molecular complexity index is 916. The number of H-pyrrole nitrogens is 1. The van der Waals surface area contributed by atoms with Crippen LogP contribution in [-0.2, 0) is 0 Å². The number of phenols is 1. The first-order chi connectivity index (χ1) is 9.94. The summed E-state index contributed by atoms with van der Waals surface area (Å²) in [7, 11) is 0. The zero-order valence-electron chi connectivity index (χ0n) is 12.3. The third-order valence-electron chi connectivity index (χ3n) is 4.03. The zero-order valence-corrected chi connectivity index (χ0v) is 12.3. The molecule has 0 saturated carbocycles. The van der Waals surface area contributed by atoms with E-state index in [0.29, 0.717) is 0 Å². The lowest BCUT2D eigenvalue weighted by molar-refractivity contribution is 0.159. The minimum atomic E-state index is -0.286. The number of hydrogen-bond donors (Lipinski definition) is 2. The van der Waals surface area contributed by atoms with Crippen molar-refractivity contribution in [1.29, 1.82) is 0 Å². The van der Waals surface area contributed by atoms with Crippen LogP contribution in [0.5, 0.6) is 11.5 Å². The molecule has 2 N–H and O–H groups in total. The van der Waals surface area contributed by atoms with Gasteiger partial charge in [-0.3, -0.25) is 0 Å². The van der Waals surface area contributed by atoms with E-state index in [1.165, 1.54) is 0 Å². The Labute approximate surface area is 122 Å². The van der Waals surface area contributed by atoms with E-state index in [9.17, 15) is 5.11 Å². The van der Waals surface area contributed by atoms with Crippen molar-refractivity contribution in [2.75, 3.05) is 0 Å². The third kappa shape index (κ3) is 1.74. The molecule has 3 heteroatoms. The lowest BCUT2D eigenvalue weighted by atomic mass is 10.00. The van der Waals surface area contributed by atoms with Gasteiger partial charge in [-0.15, -0.1) is 0 Å². The summed E-state index contributed by atoms with van der Waals surface area (Å²) in [5.41, 5.74) is 3.59. The second-order valence-corrected chi connectivity index (χ2v) is 6.27. The highest BCUT2D eigenvalue weighted by molar-refractivity contribution is 6.12. The van der Waals surface area contributed by atoms with Gasteiger partial charge in [0.1, 0.15) is 17.1 Å². The van der Waals surface area contributed by atoms with Crippen LogP contribution in [0.25, 0.3) is 27.9 Å². The van der Waals surface area contributed by atoms with E-state index in [1.54, 1.807) is 6.07 Å². The number of aromatic hydroxyl groups is 1. The molecule has 1 aliphatic heterocycles. The van der Waals surface area contributed by atoms with Crippen LogP contribution in [0.1, 0.15) is 25.0 Å². The molecule has 3 nitrogen and oxygen atoms in total. The number of aromatic amines is 1. The van der Waals surface area contributed by atoms with Crippen LogP contribution in [-0.4, -0.2) is 15.7 Å². The molecule has 0 fully saturated rings. The van der Waals surface area contributed by atoms with E-state index in [0.717, 1.165) is 38.7 Å². The monoisotopic (exact) mass is 279 g/mol. The Morgan fingerprint density at radius 3 is 2.71 bits per heavy atom. The molecule has 1 aliphatic rings. The smallest absolute Gasteiger partial charge is 0.139 e. The summed E-state index contributed by atoms with van der Waals surface area (Å²) in [6.45, 7) is 6.07. The van der Waals surface area contributed by atoms with Gasteiger partial charge in [0.25, 0.3) is 0 Å². The normalized spacial score (nSPS) is 16.1. The van der Waals surface area contributed by atoms with Crippen LogP contribution >= 0.6 is 0 Å². The lowest BCUT2D eigenvalue weighted by Crippen LogP contribution is -2.27. The number of hydrogen-bond acceptors (Lipinski definition) is 2. The second-order valence-electron chi connectivity index (χ2n) is 6.27. The molecule has 21 heavy (non-hydrogen) atoms. The zero-order chi connectivity index (χ0) is 14.8. The van der Waals surface area contributed by atoms with Crippen LogP contribution in [0, 0.1) is 6.92 Å². The number of ether oxygens (including phenoxy) is 1. The van der Waals surface area contributed by atoms with Gasteiger partial charge in [-0.2, -0.15) is 0 Å². The summed E-state index contributed by atoms with van der Waals surface area (Å²) in [5.74, 6) is 1.16. The van der Waals surface area contributed by atoms with Crippen molar-refractivity contribution in [1.82, 2.24) is 4.98 Å². The molecule has 0 radical (unpaired) electrons. The SMILES string of the molecule is Cc1cc(O)c2[nH]c3c4c(ccc3c2c1)OC(C)(C)C=C4. The highest BCUT2D eigenvalue weighted by atomic mass is 16.5. The Morgan fingerprint density at radius 1 is 1.10 bits per heavy atom. The number of rotatable bonds is 0. The molecule has 1 aromatic heterocycles. The second kappa shape index (κ2) is 3.82. The standard InChI is InChI=1S/C18H17NO2/c1-10-8-13-11-4-5-15-12(6-7-18(2,3)21-15)16(11)19-17(13)14(20)9-10/h4-9,19-20H,1-3H3. The highest BCUT2D eigenvalue weighted by Gasteiger charge is 2.24. The van der Waals surface area contributed by atoms with Crippen LogP contribution in [0.2, 0.25) is 0 Å². The quantitative estimate of drug-likeness (QED) is 0.635. The number of aromatic nitrogens is 1.